The first-order chi connectivity index (χ1) is 5.88. The summed E-state index contributed by atoms with van der Waals surface area (Å²) in [6.45, 7) is 1.52. The summed E-state index contributed by atoms with van der Waals surface area (Å²) in [6, 6.07) is 0. The number of hydrogen-bond donors (Lipinski definition) is 1. The first-order valence-corrected chi connectivity index (χ1v) is 5.22. The Hall–Kier alpha value is 0.180. The van der Waals surface area contributed by atoms with Crippen molar-refractivity contribution in [2.24, 2.45) is 11.8 Å². The third-order valence-electron chi connectivity index (χ3n) is 3.44. The summed E-state index contributed by atoms with van der Waals surface area (Å²) in [4.78, 5) is 0. The van der Waals surface area contributed by atoms with Gasteiger partial charge in [-0.2, -0.15) is 0 Å². The van der Waals surface area contributed by atoms with Crippen LogP contribution >= 0.6 is 12.4 Å². The molecule has 1 heterocycles. The zero-order valence-corrected chi connectivity index (χ0v) is 8.78. The molecule has 13 heavy (non-hydrogen) atoms. The number of halogens is 2. The first-order valence-electron chi connectivity index (χ1n) is 5.22. The second-order valence-electron chi connectivity index (χ2n) is 4.24. The highest BCUT2D eigenvalue weighted by Gasteiger charge is 2.33. The van der Waals surface area contributed by atoms with Gasteiger partial charge in [-0.15, -0.1) is 12.4 Å². The summed E-state index contributed by atoms with van der Waals surface area (Å²) in [5.41, 5.74) is 0. The van der Waals surface area contributed by atoms with E-state index in [-0.39, 0.29) is 12.4 Å². The summed E-state index contributed by atoms with van der Waals surface area (Å²) in [7, 11) is 0. The molecule has 1 aliphatic heterocycles. The van der Waals surface area contributed by atoms with E-state index in [9.17, 15) is 4.39 Å². The molecule has 78 valence electrons. The van der Waals surface area contributed by atoms with E-state index in [1.165, 1.54) is 32.1 Å². The van der Waals surface area contributed by atoms with Gasteiger partial charge < -0.3 is 5.32 Å². The van der Waals surface area contributed by atoms with Crippen LogP contribution in [-0.2, 0) is 0 Å². The molecule has 0 bridgehead atoms. The Labute approximate surface area is 85.9 Å². The quantitative estimate of drug-likeness (QED) is 0.697. The SMILES string of the molecule is Cl.FC1CNCC1C1CCCCC1. The van der Waals surface area contributed by atoms with E-state index < -0.39 is 6.17 Å². The molecule has 2 rings (SSSR count). The van der Waals surface area contributed by atoms with Gasteiger partial charge in [0.2, 0.25) is 0 Å². The van der Waals surface area contributed by atoms with Gasteiger partial charge in [0, 0.05) is 19.0 Å². The second kappa shape index (κ2) is 5.16. The Balaban J connectivity index is 0.000000845. The molecule has 3 heteroatoms. The van der Waals surface area contributed by atoms with E-state index in [1.54, 1.807) is 0 Å². The maximum Gasteiger partial charge on any atom is 0.117 e. The predicted molar refractivity (Wildman–Crippen MR) is 55.1 cm³/mol. The molecule has 0 radical (unpaired) electrons. The Kier molecular flexibility index (Phi) is 4.47. The highest BCUT2D eigenvalue weighted by molar-refractivity contribution is 5.85. The van der Waals surface area contributed by atoms with Crippen LogP contribution in [0.25, 0.3) is 0 Å². The lowest BCUT2D eigenvalue weighted by Crippen LogP contribution is -2.25. The maximum absolute atomic E-state index is 13.3. The fourth-order valence-electron chi connectivity index (χ4n) is 2.69. The predicted octanol–water partition coefficient (Wildman–Crippen LogP) is 2.55. The smallest absolute Gasteiger partial charge is 0.117 e. The molecule has 2 aliphatic rings. The van der Waals surface area contributed by atoms with Crippen molar-refractivity contribution in [3.8, 4) is 0 Å². The molecule has 2 unspecified atom stereocenters. The van der Waals surface area contributed by atoms with Gasteiger partial charge in [0.05, 0.1) is 0 Å². The Morgan fingerprint density at radius 3 is 2.23 bits per heavy atom. The van der Waals surface area contributed by atoms with E-state index in [0.717, 1.165) is 6.54 Å². The molecule has 0 amide bonds. The van der Waals surface area contributed by atoms with Crippen molar-refractivity contribution in [2.45, 2.75) is 38.3 Å². The zero-order chi connectivity index (χ0) is 8.39. The lowest BCUT2D eigenvalue weighted by molar-refractivity contribution is 0.176. The third-order valence-corrected chi connectivity index (χ3v) is 3.44. The Morgan fingerprint density at radius 2 is 1.69 bits per heavy atom. The van der Waals surface area contributed by atoms with Gasteiger partial charge in [-0.3, -0.25) is 0 Å². The number of alkyl halides is 1. The molecule has 1 saturated carbocycles. The van der Waals surface area contributed by atoms with Crippen molar-refractivity contribution in [3.63, 3.8) is 0 Å². The van der Waals surface area contributed by atoms with E-state index in [0.29, 0.717) is 18.4 Å². The molecule has 0 aromatic heterocycles. The molecular formula is C10H19ClFN. The lowest BCUT2D eigenvalue weighted by atomic mass is 9.79. The van der Waals surface area contributed by atoms with Crippen molar-refractivity contribution >= 4 is 12.4 Å². The van der Waals surface area contributed by atoms with Gasteiger partial charge in [0.1, 0.15) is 6.17 Å². The summed E-state index contributed by atoms with van der Waals surface area (Å²) in [6.07, 6.45) is 6.00. The Morgan fingerprint density at radius 1 is 1.00 bits per heavy atom. The monoisotopic (exact) mass is 207 g/mol. The second-order valence-corrected chi connectivity index (χ2v) is 4.24. The van der Waals surface area contributed by atoms with Gasteiger partial charge in [0.15, 0.2) is 0 Å². The van der Waals surface area contributed by atoms with Crippen LogP contribution in [0.4, 0.5) is 4.39 Å². The van der Waals surface area contributed by atoms with E-state index >= 15 is 0 Å². The van der Waals surface area contributed by atoms with Crippen molar-refractivity contribution in [2.75, 3.05) is 13.1 Å². The fourth-order valence-corrected chi connectivity index (χ4v) is 2.69. The molecule has 0 aromatic rings. The van der Waals surface area contributed by atoms with Gasteiger partial charge in [-0.1, -0.05) is 32.1 Å². The maximum atomic E-state index is 13.3. The molecule has 1 nitrogen and oxygen atoms in total. The van der Waals surface area contributed by atoms with Crippen molar-refractivity contribution < 1.29 is 4.39 Å². The van der Waals surface area contributed by atoms with E-state index in [4.69, 9.17) is 0 Å². The molecule has 0 aromatic carbocycles. The first kappa shape index (κ1) is 11.3. The molecular weight excluding hydrogens is 189 g/mol. The highest BCUT2D eigenvalue weighted by Crippen LogP contribution is 2.33. The zero-order valence-electron chi connectivity index (χ0n) is 7.97. The van der Waals surface area contributed by atoms with Gasteiger partial charge >= 0.3 is 0 Å². The topological polar surface area (TPSA) is 12.0 Å². The summed E-state index contributed by atoms with van der Waals surface area (Å²) in [5, 5.41) is 3.14. The van der Waals surface area contributed by atoms with Crippen LogP contribution in [0.1, 0.15) is 32.1 Å². The minimum absolute atomic E-state index is 0. The average molecular weight is 208 g/mol. The molecule has 0 spiro atoms. The van der Waals surface area contributed by atoms with Crippen LogP contribution in [-0.4, -0.2) is 19.3 Å². The van der Waals surface area contributed by atoms with Crippen LogP contribution in [0.3, 0.4) is 0 Å². The molecule has 2 fully saturated rings. The molecule has 1 saturated heterocycles. The summed E-state index contributed by atoms with van der Waals surface area (Å²) in [5.74, 6) is 1.02. The molecule has 1 N–H and O–H groups in total. The average Bonchev–Trinajstić information content (AvgIpc) is 2.53. The summed E-state index contributed by atoms with van der Waals surface area (Å²) >= 11 is 0. The van der Waals surface area contributed by atoms with E-state index in [1.807, 2.05) is 0 Å². The van der Waals surface area contributed by atoms with E-state index in [2.05, 4.69) is 5.32 Å². The number of rotatable bonds is 1. The van der Waals surface area contributed by atoms with Crippen molar-refractivity contribution in [3.05, 3.63) is 0 Å². The molecule has 1 aliphatic carbocycles. The van der Waals surface area contributed by atoms with Crippen molar-refractivity contribution in [1.82, 2.24) is 5.32 Å². The number of nitrogens with one attached hydrogen (secondary N) is 1. The highest BCUT2D eigenvalue weighted by atomic mass is 35.5. The third kappa shape index (κ3) is 2.57. The van der Waals surface area contributed by atoms with Gasteiger partial charge in [0.25, 0.3) is 0 Å². The van der Waals surface area contributed by atoms with Crippen LogP contribution in [0.5, 0.6) is 0 Å². The lowest BCUT2D eigenvalue weighted by Gasteiger charge is -2.27. The Bertz CT molecular complexity index is 148. The number of hydrogen-bond acceptors (Lipinski definition) is 1. The fraction of sp³-hybridized carbons (Fsp3) is 1.00. The van der Waals surface area contributed by atoms with Crippen LogP contribution in [0, 0.1) is 11.8 Å². The van der Waals surface area contributed by atoms with Crippen LogP contribution in [0.15, 0.2) is 0 Å². The van der Waals surface area contributed by atoms with Gasteiger partial charge in [-0.05, 0) is 5.92 Å². The minimum Gasteiger partial charge on any atom is -0.313 e. The molecule has 2 atom stereocenters. The standard InChI is InChI=1S/C10H18FN.ClH/c11-10-7-12-6-9(10)8-4-2-1-3-5-8;/h8-10,12H,1-7H2;1H. The largest absolute Gasteiger partial charge is 0.313 e. The normalized spacial score (nSPS) is 35.8. The van der Waals surface area contributed by atoms with Crippen molar-refractivity contribution in [1.29, 1.82) is 0 Å². The minimum atomic E-state index is -0.562. The van der Waals surface area contributed by atoms with Crippen LogP contribution < -0.4 is 5.32 Å². The van der Waals surface area contributed by atoms with Crippen LogP contribution in [0.2, 0.25) is 0 Å². The van der Waals surface area contributed by atoms with Gasteiger partial charge in [-0.25, -0.2) is 4.39 Å². The summed E-state index contributed by atoms with van der Waals surface area (Å²) < 4.78 is 13.3.